The minimum absolute atomic E-state index is 0.00366. The quantitative estimate of drug-likeness (QED) is 0.184. The van der Waals surface area contributed by atoms with Crippen LogP contribution in [-0.4, -0.2) is 9.97 Å². The summed E-state index contributed by atoms with van der Waals surface area (Å²) in [6.07, 6.45) is 0. The second-order valence-electron chi connectivity index (χ2n) is 12.1. The molecule has 0 saturated heterocycles. The molecule has 51 heavy (non-hydrogen) atoms. The van der Waals surface area contributed by atoms with Crippen LogP contribution >= 0.6 is 0 Å². The van der Waals surface area contributed by atoms with Gasteiger partial charge in [0.05, 0.1) is 27.8 Å². The van der Waals surface area contributed by atoms with Crippen molar-refractivity contribution in [1.82, 2.24) is 9.97 Å². The number of para-hydroxylation sites is 1. The summed E-state index contributed by atoms with van der Waals surface area (Å²) in [4.78, 5) is 10.2. The molecule has 0 bridgehead atoms. The number of hydrogen-bond acceptors (Lipinski definition) is 3. The highest BCUT2D eigenvalue weighted by Crippen LogP contribution is 2.39. The topological polar surface area (TPSA) is 38.9 Å². The molecule has 8 aromatic carbocycles. The number of nitrogens with zero attached hydrogens (tertiary/aromatic N) is 2. The first-order valence-electron chi connectivity index (χ1n) is 22.2. The van der Waals surface area contributed by atoms with Gasteiger partial charge >= 0.3 is 0 Å². The second kappa shape index (κ2) is 11.9. The lowest BCUT2D eigenvalue weighted by Crippen LogP contribution is -1.97. The van der Waals surface area contributed by atoms with Gasteiger partial charge in [-0.3, -0.25) is 0 Å². The van der Waals surface area contributed by atoms with Gasteiger partial charge in [0.1, 0.15) is 11.2 Å². The molecule has 2 aromatic heterocycles. The summed E-state index contributed by atoms with van der Waals surface area (Å²) in [5.74, 6) is 0.325. The predicted octanol–water partition coefficient (Wildman–Crippen LogP) is 13.0. The average Bonchev–Trinajstić information content (AvgIpc) is 3.67. The molecule has 0 spiro atoms. The van der Waals surface area contributed by atoms with Gasteiger partial charge in [0, 0.05) is 27.5 Å². The Labute approximate surface area is 312 Å². The van der Waals surface area contributed by atoms with E-state index in [2.05, 4.69) is 0 Å². The molecule has 0 atom stereocenters. The number of hydrogen-bond donors (Lipinski definition) is 0. The van der Waals surface area contributed by atoms with Crippen LogP contribution in [0.1, 0.15) is 16.4 Å². The zero-order chi connectivity index (χ0) is 44.2. The third-order valence-electron chi connectivity index (χ3n) is 9.05. The minimum atomic E-state index is -0.494. The van der Waals surface area contributed by atoms with Gasteiger partial charge in [0.15, 0.2) is 5.82 Å². The Kier molecular flexibility index (Phi) is 4.54. The Morgan fingerprint density at radius 2 is 1.10 bits per heavy atom. The predicted molar refractivity (Wildman–Crippen MR) is 212 cm³/mol. The highest BCUT2D eigenvalue weighted by atomic mass is 16.3. The Balaban J connectivity index is 1.17. The average molecular weight is 663 g/mol. The minimum Gasteiger partial charge on any atom is -0.456 e. The summed E-state index contributed by atoms with van der Waals surface area (Å²) >= 11 is 0. The zero-order valence-corrected chi connectivity index (χ0v) is 26.7. The lowest BCUT2D eigenvalue weighted by atomic mass is 9.95. The Bertz CT molecular complexity index is 3590. The van der Waals surface area contributed by atoms with Gasteiger partial charge in [-0.15, -0.1) is 0 Å². The van der Waals surface area contributed by atoms with Crippen molar-refractivity contribution in [3.05, 3.63) is 182 Å². The standard InChI is InChI=1S/C48H30N2O/c1-2-12-32(13-3-1)39-15-6-7-16-40(39)43-30-44(41-18-10-20-46-47(41)42-17-8-9-19-45(42)51-46)50-48(49-43)38-26-25-36-28-35(23-24-37(36)29-38)34-22-21-31-11-4-5-14-33(31)27-34/h1-30H/i1D,2D,3D,4D,5D,8D,11D,12D,13D,14D,21D,22D. The maximum Gasteiger partial charge on any atom is 0.160 e. The van der Waals surface area contributed by atoms with E-state index in [1.807, 2.05) is 48.5 Å². The normalized spacial score (nSPS) is 14.8. The second-order valence-corrected chi connectivity index (χ2v) is 12.1. The number of benzene rings is 8. The number of rotatable bonds is 5. The third-order valence-corrected chi connectivity index (χ3v) is 9.05. The molecule has 10 aromatic rings. The monoisotopic (exact) mass is 662 g/mol. The summed E-state index contributed by atoms with van der Waals surface area (Å²) in [6, 6.07) is 28.6. The molecule has 2 heterocycles. The number of fused-ring (bicyclic) bond motifs is 5. The van der Waals surface area contributed by atoms with Gasteiger partial charge in [0.25, 0.3) is 0 Å². The molecule has 0 unspecified atom stereocenters. The zero-order valence-electron chi connectivity index (χ0n) is 38.7. The van der Waals surface area contributed by atoms with Gasteiger partial charge < -0.3 is 4.42 Å². The van der Waals surface area contributed by atoms with E-state index in [0.29, 0.717) is 67.8 Å². The fourth-order valence-corrected chi connectivity index (χ4v) is 6.63. The van der Waals surface area contributed by atoms with E-state index >= 15 is 0 Å². The summed E-state index contributed by atoms with van der Waals surface area (Å²) in [5, 5.41) is 3.20. The number of furan rings is 1. The molecule has 0 fully saturated rings. The molecule has 3 heteroatoms. The molecular formula is C48H30N2O. The summed E-state index contributed by atoms with van der Waals surface area (Å²) < 4.78 is 108. The van der Waals surface area contributed by atoms with Crippen LogP contribution in [0.25, 0.3) is 99.6 Å². The van der Waals surface area contributed by atoms with E-state index in [4.69, 9.17) is 30.8 Å². The van der Waals surface area contributed by atoms with Gasteiger partial charge in [0.2, 0.25) is 0 Å². The van der Waals surface area contributed by atoms with Crippen molar-refractivity contribution >= 4 is 43.5 Å². The van der Waals surface area contributed by atoms with Crippen molar-refractivity contribution in [2.45, 2.75) is 0 Å². The van der Waals surface area contributed by atoms with Gasteiger partial charge in [-0.05, 0) is 80.2 Å². The third kappa shape index (κ3) is 5.15. The van der Waals surface area contributed by atoms with Crippen molar-refractivity contribution in [2.24, 2.45) is 0 Å². The van der Waals surface area contributed by atoms with Gasteiger partial charge in [-0.1, -0.05) is 145 Å². The molecule has 0 aliphatic rings. The number of aromatic nitrogens is 2. The first kappa shape index (κ1) is 19.4. The van der Waals surface area contributed by atoms with Crippen molar-refractivity contribution < 1.29 is 20.9 Å². The maximum absolute atomic E-state index is 8.84. The van der Waals surface area contributed by atoms with Crippen molar-refractivity contribution in [2.75, 3.05) is 0 Å². The van der Waals surface area contributed by atoms with Crippen LogP contribution in [0.2, 0.25) is 0 Å². The van der Waals surface area contributed by atoms with Crippen molar-refractivity contribution in [3.63, 3.8) is 0 Å². The van der Waals surface area contributed by atoms with E-state index in [1.54, 1.807) is 60.7 Å². The summed E-state index contributed by atoms with van der Waals surface area (Å²) in [7, 11) is 0. The van der Waals surface area contributed by atoms with Crippen LogP contribution in [0, 0.1) is 0 Å². The molecule has 0 amide bonds. The Morgan fingerprint density at radius 3 is 1.96 bits per heavy atom. The van der Waals surface area contributed by atoms with Crippen LogP contribution in [0.3, 0.4) is 0 Å². The smallest absolute Gasteiger partial charge is 0.160 e. The SMILES string of the molecule is [2H]c1ccc2oc3cccc(-c4cc(-c5ccccc5-c5c([2H])c([2H])c([2H])c([2H])c5[2H])nc(-c5ccc6cc(-c7cc8c([2H])c([2H])c([2H])c([2H])c8c([2H])c7[2H])ccc6c5)n4)c3c2c1. The Morgan fingerprint density at radius 1 is 0.412 bits per heavy atom. The molecule has 0 aliphatic heterocycles. The van der Waals surface area contributed by atoms with Gasteiger partial charge in [-0.25, -0.2) is 9.97 Å². The molecule has 0 aliphatic carbocycles. The van der Waals surface area contributed by atoms with E-state index in [-0.39, 0.29) is 52.6 Å². The lowest BCUT2D eigenvalue weighted by Gasteiger charge is -2.14. The van der Waals surface area contributed by atoms with E-state index in [0.717, 1.165) is 21.5 Å². The fraction of sp³-hybridized carbons (Fsp3) is 0. The molecular weight excluding hydrogens is 621 g/mol. The van der Waals surface area contributed by atoms with E-state index < -0.39 is 30.2 Å². The lowest BCUT2D eigenvalue weighted by molar-refractivity contribution is 0.669. The van der Waals surface area contributed by atoms with E-state index in [9.17, 15) is 0 Å². The molecule has 3 nitrogen and oxygen atoms in total. The van der Waals surface area contributed by atoms with Crippen molar-refractivity contribution in [3.8, 4) is 56.2 Å². The molecule has 10 rings (SSSR count). The van der Waals surface area contributed by atoms with Crippen LogP contribution in [0.4, 0.5) is 0 Å². The van der Waals surface area contributed by atoms with Crippen molar-refractivity contribution in [1.29, 1.82) is 0 Å². The molecule has 238 valence electrons. The first-order chi connectivity index (χ1) is 30.2. The molecule has 0 saturated carbocycles. The largest absolute Gasteiger partial charge is 0.456 e. The van der Waals surface area contributed by atoms with E-state index in [1.165, 1.54) is 0 Å². The van der Waals surface area contributed by atoms with Crippen LogP contribution in [-0.2, 0) is 0 Å². The Hall–Kier alpha value is -6.84. The highest BCUT2D eigenvalue weighted by Gasteiger charge is 2.18. The van der Waals surface area contributed by atoms with Crippen LogP contribution in [0.15, 0.2) is 186 Å². The van der Waals surface area contributed by atoms with Gasteiger partial charge in [-0.2, -0.15) is 0 Å². The highest BCUT2D eigenvalue weighted by molar-refractivity contribution is 6.12. The van der Waals surface area contributed by atoms with Crippen LogP contribution in [0.5, 0.6) is 0 Å². The maximum atomic E-state index is 8.84. The fourth-order valence-electron chi connectivity index (χ4n) is 6.63. The summed E-state index contributed by atoms with van der Waals surface area (Å²) in [6.45, 7) is 0. The summed E-state index contributed by atoms with van der Waals surface area (Å²) in [5.41, 5.74) is 5.32. The molecule has 0 radical (unpaired) electrons. The first-order valence-corrected chi connectivity index (χ1v) is 16.2. The molecule has 0 N–H and O–H groups in total. The van der Waals surface area contributed by atoms with Crippen LogP contribution < -0.4 is 0 Å².